The third-order valence-corrected chi connectivity index (χ3v) is 4.67. The minimum Gasteiger partial charge on any atom is -0.396 e. The standard InChI is InChI=1S/C14H24N2O2/c17-9-7-14(5-6-14)10-16-8-1-2-12(13(16)18)15-11-3-4-11/h11-12,15,17H,1-10H2. The molecule has 1 heterocycles. The number of aliphatic hydroxyl groups excluding tert-OH is 1. The Morgan fingerprint density at radius 3 is 2.72 bits per heavy atom. The predicted octanol–water partition coefficient (Wildman–Crippen LogP) is 0.892. The van der Waals surface area contributed by atoms with Crippen molar-refractivity contribution in [2.45, 2.75) is 57.0 Å². The quantitative estimate of drug-likeness (QED) is 0.738. The van der Waals surface area contributed by atoms with Gasteiger partial charge in [-0.05, 0) is 50.4 Å². The van der Waals surface area contributed by atoms with E-state index < -0.39 is 0 Å². The maximum Gasteiger partial charge on any atom is 0.239 e. The summed E-state index contributed by atoms with van der Waals surface area (Å²) in [6.45, 7) is 2.04. The van der Waals surface area contributed by atoms with Gasteiger partial charge in [0.25, 0.3) is 0 Å². The van der Waals surface area contributed by atoms with Gasteiger partial charge in [0.05, 0.1) is 6.04 Å². The fourth-order valence-electron chi connectivity index (χ4n) is 3.09. The van der Waals surface area contributed by atoms with E-state index in [4.69, 9.17) is 5.11 Å². The summed E-state index contributed by atoms with van der Waals surface area (Å²) in [5.74, 6) is 0.303. The molecule has 1 aliphatic heterocycles. The summed E-state index contributed by atoms with van der Waals surface area (Å²) in [4.78, 5) is 14.4. The van der Waals surface area contributed by atoms with E-state index in [1.165, 1.54) is 25.7 Å². The maximum atomic E-state index is 12.4. The van der Waals surface area contributed by atoms with Crippen LogP contribution in [0.15, 0.2) is 0 Å². The highest BCUT2D eigenvalue weighted by Gasteiger charge is 2.45. The van der Waals surface area contributed by atoms with Crippen LogP contribution < -0.4 is 5.32 Å². The Hall–Kier alpha value is -0.610. The normalized spacial score (nSPS) is 30.6. The zero-order valence-corrected chi connectivity index (χ0v) is 11.0. The molecule has 2 saturated carbocycles. The summed E-state index contributed by atoms with van der Waals surface area (Å²) in [6, 6.07) is 0.669. The van der Waals surface area contributed by atoms with Gasteiger partial charge < -0.3 is 15.3 Å². The number of carbonyl (C=O) groups is 1. The fourth-order valence-corrected chi connectivity index (χ4v) is 3.09. The van der Waals surface area contributed by atoms with Crippen LogP contribution in [0.3, 0.4) is 0 Å². The molecule has 0 spiro atoms. The molecular formula is C14H24N2O2. The Kier molecular flexibility index (Phi) is 3.32. The average Bonchev–Trinajstić information content (AvgIpc) is 3.23. The largest absolute Gasteiger partial charge is 0.396 e. The van der Waals surface area contributed by atoms with Crippen molar-refractivity contribution in [3.05, 3.63) is 0 Å². The number of amides is 1. The van der Waals surface area contributed by atoms with Gasteiger partial charge in [-0.25, -0.2) is 0 Å². The average molecular weight is 252 g/mol. The van der Waals surface area contributed by atoms with E-state index in [1.54, 1.807) is 0 Å². The van der Waals surface area contributed by atoms with E-state index in [9.17, 15) is 4.79 Å². The summed E-state index contributed by atoms with van der Waals surface area (Å²) in [5.41, 5.74) is 0.256. The topological polar surface area (TPSA) is 52.6 Å². The molecule has 1 saturated heterocycles. The number of nitrogens with one attached hydrogen (secondary N) is 1. The van der Waals surface area contributed by atoms with Crippen molar-refractivity contribution in [1.82, 2.24) is 10.2 Å². The molecule has 1 unspecified atom stereocenters. The molecule has 2 aliphatic carbocycles. The lowest BCUT2D eigenvalue weighted by Gasteiger charge is -2.35. The minimum atomic E-state index is 0.0659. The second-order valence-corrected chi connectivity index (χ2v) is 6.37. The molecule has 3 aliphatic rings. The lowest BCUT2D eigenvalue weighted by molar-refractivity contribution is -0.137. The number of nitrogens with zero attached hydrogens (tertiary/aromatic N) is 1. The highest BCUT2D eigenvalue weighted by Crippen LogP contribution is 2.49. The molecule has 1 atom stereocenters. The fraction of sp³-hybridized carbons (Fsp3) is 0.929. The number of hydrogen-bond acceptors (Lipinski definition) is 3. The van der Waals surface area contributed by atoms with Gasteiger partial charge in [0.15, 0.2) is 0 Å². The zero-order valence-electron chi connectivity index (χ0n) is 11.0. The Morgan fingerprint density at radius 1 is 1.33 bits per heavy atom. The van der Waals surface area contributed by atoms with Crippen LogP contribution in [-0.2, 0) is 4.79 Å². The first-order chi connectivity index (χ1) is 8.72. The Morgan fingerprint density at radius 2 is 2.11 bits per heavy atom. The first kappa shape index (κ1) is 12.4. The van der Waals surface area contributed by atoms with Crippen LogP contribution in [0.5, 0.6) is 0 Å². The molecule has 0 radical (unpaired) electrons. The van der Waals surface area contributed by atoms with E-state index in [0.717, 1.165) is 32.4 Å². The first-order valence-electron chi connectivity index (χ1n) is 7.38. The second kappa shape index (κ2) is 4.82. The van der Waals surface area contributed by atoms with Crippen LogP contribution in [0.4, 0.5) is 0 Å². The summed E-state index contributed by atoms with van der Waals surface area (Å²) < 4.78 is 0. The lowest BCUT2D eigenvalue weighted by Crippen LogP contribution is -2.52. The van der Waals surface area contributed by atoms with E-state index in [0.29, 0.717) is 11.9 Å². The van der Waals surface area contributed by atoms with Crippen LogP contribution in [0, 0.1) is 5.41 Å². The zero-order chi connectivity index (χ0) is 12.6. The molecule has 2 N–H and O–H groups in total. The van der Waals surface area contributed by atoms with Crippen molar-refractivity contribution in [2.75, 3.05) is 19.7 Å². The molecule has 102 valence electrons. The molecule has 0 aromatic rings. The Labute approximate surface area is 109 Å². The summed E-state index contributed by atoms with van der Waals surface area (Å²) in [5, 5.41) is 12.6. The van der Waals surface area contributed by atoms with Crippen LogP contribution in [0.2, 0.25) is 0 Å². The summed E-state index contributed by atoms with van der Waals surface area (Å²) in [6.07, 6.45) is 7.80. The van der Waals surface area contributed by atoms with E-state index >= 15 is 0 Å². The predicted molar refractivity (Wildman–Crippen MR) is 69.1 cm³/mol. The van der Waals surface area contributed by atoms with Gasteiger partial charge in [-0.1, -0.05) is 0 Å². The maximum absolute atomic E-state index is 12.4. The SMILES string of the molecule is O=C1C(NC2CC2)CCCN1CC1(CCO)CC1. The van der Waals surface area contributed by atoms with Crippen molar-refractivity contribution in [1.29, 1.82) is 0 Å². The van der Waals surface area contributed by atoms with E-state index in [-0.39, 0.29) is 18.1 Å². The molecule has 4 heteroatoms. The molecule has 4 nitrogen and oxygen atoms in total. The van der Waals surface area contributed by atoms with Gasteiger partial charge >= 0.3 is 0 Å². The van der Waals surface area contributed by atoms with Gasteiger partial charge in [0.1, 0.15) is 0 Å². The van der Waals surface area contributed by atoms with Gasteiger partial charge in [0.2, 0.25) is 5.91 Å². The molecule has 0 aromatic heterocycles. The molecule has 3 fully saturated rings. The third kappa shape index (κ3) is 2.69. The first-order valence-corrected chi connectivity index (χ1v) is 7.38. The smallest absolute Gasteiger partial charge is 0.239 e. The Balaban J connectivity index is 1.56. The number of carbonyl (C=O) groups excluding carboxylic acids is 1. The molecule has 0 aromatic carbocycles. The number of rotatable bonds is 6. The number of hydrogen-bond donors (Lipinski definition) is 2. The van der Waals surface area contributed by atoms with Crippen LogP contribution in [-0.4, -0.2) is 47.7 Å². The van der Waals surface area contributed by atoms with Gasteiger partial charge in [-0.15, -0.1) is 0 Å². The highest BCUT2D eigenvalue weighted by atomic mass is 16.3. The Bertz CT molecular complexity index is 324. The number of likely N-dealkylation sites (tertiary alicyclic amines) is 1. The molecule has 18 heavy (non-hydrogen) atoms. The lowest BCUT2D eigenvalue weighted by atomic mass is 9.98. The summed E-state index contributed by atoms with van der Waals surface area (Å²) in [7, 11) is 0. The number of piperidine rings is 1. The minimum absolute atomic E-state index is 0.0659. The highest BCUT2D eigenvalue weighted by molar-refractivity contribution is 5.82. The number of aliphatic hydroxyl groups is 1. The van der Waals surface area contributed by atoms with Crippen molar-refractivity contribution in [2.24, 2.45) is 5.41 Å². The van der Waals surface area contributed by atoms with Gasteiger partial charge in [0, 0.05) is 25.7 Å². The molecule has 1 amide bonds. The third-order valence-electron chi connectivity index (χ3n) is 4.67. The van der Waals surface area contributed by atoms with Gasteiger partial charge in [-0.2, -0.15) is 0 Å². The van der Waals surface area contributed by atoms with Crippen LogP contribution in [0.25, 0.3) is 0 Å². The van der Waals surface area contributed by atoms with Gasteiger partial charge in [-0.3, -0.25) is 4.79 Å². The van der Waals surface area contributed by atoms with E-state index in [1.807, 2.05) is 4.90 Å². The van der Waals surface area contributed by atoms with E-state index in [2.05, 4.69) is 5.32 Å². The summed E-state index contributed by atoms with van der Waals surface area (Å²) >= 11 is 0. The molecule has 0 bridgehead atoms. The van der Waals surface area contributed by atoms with Crippen LogP contribution in [0.1, 0.15) is 44.9 Å². The van der Waals surface area contributed by atoms with Crippen molar-refractivity contribution >= 4 is 5.91 Å². The molecular weight excluding hydrogens is 228 g/mol. The van der Waals surface area contributed by atoms with Crippen molar-refractivity contribution < 1.29 is 9.90 Å². The van der Waals surface area contributed by atoms with Crippen molar-refractivity contribution in [3.8, 4) is 0 Å². The molecule has 3 rings (SSSR count). The van der Waals surface area contributed by atoms with Crippen molar-refractivity contribution in [3.63, 3.8) is 0 Å². The second-order valence-electron chi connectivity index (χ2n) is 6.37. The van der Waals surface area contributed by atoms with Crippen LogP contribution >= 0.6 is 0 Å². The monoisotopic (exact) mass is 252 g/mol.